The number of piperazine rings is 1. The zero-order chi connectivity index (χ0) is 26.6. The van der Waals surface area contributed by atoms with Gasteiger partial charge in [0.05, 0.1) is 10.9 Å². The summed E-state index contributed by atoms with van der Waals surface area (Å²) in [7, 11) is -3.77. The van der Waals surface area contributed by atoms with Crippen LogP contribution in [0.15, 0.2) is 88.8 Å². The lowest BCUT2D eigenvalue weighted by Gasteiger charge is -2.41. The lowest BCUT2D eigenvalue weighted by molar-refractivity contribution is 0.194. The molecule has 3 aromatic rings. The van der Waals surface area contributed by atoms with Crippen LogP contribution in [0.5, 0.6) is 0 Å². The summed E-state index contributed by atoms with van der Waals surface area (Å²) in [6, 6.07) is 24.1. The second kappa shape index (κ2) is 10.8. The van der Waals surface area contributed by atoms with E-state index in [9.17, 15) is 13.7 Å². The van der Waals surface area contributed by atoms with Gasteiger partial charge in [-0.15, -0.1) is 4.99 Å². The van der Waals surface area contributed by atoms with E-state index in [2.05, 4.69) is 31.1 Å². The smallest absolute Gasteiger partial charge is 0.243 e. The number of sulfonamides is 1. The number of nitrogens with zero attached hydrogens (tertiary/aromatic N) is 4. The second-order valence-corrected chi connectivity index (χ2v) is 12.1. The number of anilines is 1. The monoisotopic (exact) mass is 515 g/mol. The number of nitriles is 1. The zero-order valence-electron chi connectivity index (χ0n) is 21.7. The molecule has 3 aromatic carbocycles. The number of aryl methyl sites for hydroxylation is 1. The molecule has 0 aliphatic carbocycles. The Bertz CT molecular complexity index is 1410. The molecule has 1 atom stereocenters. The fraction of sp³-hybridized carbons (Fsp3) is 0.310. The van der Waals surface area contributed by atoms with Crippen molar-refractivity contribution >= 4 is 21.7 Å². The summed E-state index contributed by atoms with van der Waals surface area (Å²) >= 11 is 0. The van der Waals surface area contributed by atoms with Gasteiger partial charge in [-0.05, 0) is 47.2 Å². The lowest BCUT2D eigenvalue weighted by atomic mass is 9.87. The average Bonchev–Trinajstić information content (AvgIpc) is 2.89. The van der Waals surface area contributed by atoms with Crippen molar-refractivity contribution in [3.05, 3.63) is 95.6 Å². The second-order valence-electron chi connectivity index (χ2n) is 10.2. The van der Waals surface area contributed by atoms with Crippen molar-refractivity contribution in [1.29, 1.82) is 5.26 Å². The quantitative estimate of drug-likeness (QED) is 0.290. The van der Waals surface area contributed by atoms with Gasteiger partial charge in [-0.2, -0.15) is 9.57 Å². The van der Waals surface area contributed by atoms with Gasteiger partial charge in [-0.1, -0.05) is 81.4 Å². The number of hydrogen-bond acceptors (Lipinski definition) is 4. The predicted molar refractivity (Wildman–Crippen MR) is 148 cm³/mol. The molecule has 8 heteroatoms. The van der Waals surface area contributed by atoms with Crippen molar-refractivity contribution in [2.75, 3.05) is 25.0 Å². The molecule has 37 heavy (non-hydrogen) atoms. The molecule has 1 saturated heterocycles. The molecule has 1 unspecified atom stereocenters. The van der Waals surface area contributed by atoms with E-state index in [0.717, 1.165) is 22.4 Å². The van der Waals surface area contributed by atoms with Gasteiger partial charge < -0.3 is 10.2 Å². The number of benzene rings is 3. The molecule has 1 N–H and O–H groups in total. The average molecular weight is 516 g/mol. The predicted octanol–water partition coefficient (Wildman–Crippen LogP) is 5.29. The van der Waals surface area contributed by atoms with E-state index in [1.807, 2.05) is 84.7 Å². The Morgan fingerprint density at radius 2 is 1.62 bits per heavy atom. The van der Waals surface area contributed by atoms with Gasteiger partial charge >= 0.3 is 0 Å². The summed E-state index contributed by atoms with van der Waals surface area (Å²) in [5.41, 5.74) is 3.76. The molecule has 0 saturated carbocycles. The normalized spacial score (nSPS) is 17.3. The molecule has 0 bridgehead atoms. The van der Waals surface area contributed by atoms with E-state index in [0.29, 0.717) is 19.0 Å². The van der Waals surface area contributed by atoms with Crippen LogP contribution < -0.4 is 5.32 Å². The summed E-state index contributed by atoms with van der Waals surface area (Å²) in [6.07, 6.45) is 1.90. The summed E-state index contributed by atoms with van der Waals surface area (Å²) in [5, 5.41) is 12.7. The third-order valence-corrected chi connectivity index (χ3v) is 8.61. The highest BCUT2D eigenvalue weighted by molar-refractivity contribution is 7.89. The summed E-state index contributed by atoms with van der Waals surface area (Å²) < 4.78 is 29.3. The van der Waals surface area contributed by atoms with Crippen molar-refractivity contribution in [2.24, 2.45) is 4.99 Å². The van der Waals surface area contributed by atoms with Crippen LogP contribution in [0.2, 0.25) is 0 Å². The van der Waals surface area contributed by atoms with Crippen LogP contribution in [0.25, 0.3) is 0 Å². The minimum Gasteiger partial charge on any atom is -0.339 e. The maximum absolute atomic E-state index is 13.9. The van der Waals surface area contributed by atoms with E-state index in [4.69, 9.17) is 0 Å². The van der Waals surface area contributed by atoms with Crippen LogP contribution in [0.1, 0.15) is 43.5 Å². The van der Waals surface area contributed by atoms with Gasteiger partial charge in [0, 0.05) is 25.3 Å². The van der Waals surface area contributed by atoms with Crippen molar-refractivity contribution in [3.8, 4) is 6.19 Å². The molecule has 0 amide bonds. The Labute approximate surface area is 220 Å². The van der Waals surface area contributed by atoms with Crippen LogP contribution >= 0.6 is 0 Å². The number of nitrogens with one attached hydrogen (secondary N) is 1. The first-order valence-corrected chi connectivity index (χ1v) is 13.8. The summed E-state index contributed by atoms with van der Waals surface area (Å²) in [4.78, 5) is 6.28. The number of guanidine groups is 1. The van der Waals surface area contributed by atoms with E-state index in [1.54, 1.807) is 16.4 Å². The van der Waals surface area contributed by atoms with Gasteiger partial charge in [0.2, 0.25) is 22.2 Å². The minimum absolute atomic E-state index is 0.0684. The first-order valence-electron chi connectivity index (χ1n) is 12.3. The van der Waals surface area contributed by atoms with Gasteiger partial charge in [0.15, 0.2) is 0 Å². The van der Waals surface area contributed by atoms with Crippen LogP contribution in [0.3, 0.4) is 0 Å². The lowest BCUT2D eigenvalue weighted by Crippen LogP contribution is -2.53. The molecular formula is C29H33N5O2S. The molecule has 1 heterocycles. The topological polar surface area (TPSA) is 88.8 Å². The van der Waals surface area contributed by atoms with Crippen molar-refractivity contribution in [1.82, 2.24) is 9.21 Å². The SMILES string of the molecule is Cc1ccccc1N/C(=N/C#N)N1CCN(S(=O)(=O)c2ccc(C(C)(C)C)cc2)C(c2ccccc2)C1. The molecule has 192 valence electrons. The summed E-state index contributed by atoms with van der Waals surface area (Å²) in [5.74, 6) is 0.407. The highest BCUT2D eigenvalue weighted by Gasteiger charge is 2.38. The van der Waals surface area contributed by atoms with Crippen LogP contribution in [-0.4, -0.2) is 43.2 Å². The Hall–Kier alpha value is -3.67. The standard InChI is InChI=1S/C29H33N5O2S/c1-22-10-8-9-13-26(22)32-28(31-21-30)33-18-19-34(27(20-33)23-11-6-5-7-12-23)37(35,36)25-16-14-24(15-17-25)29(2,3)4/h5-17,27H,18-20H2,1-4H3,(H,31,32). The van der Waals surface area contributed by atoms with Crippen LogP contribution in [0, 0.1) is 18.4 Å². The number of rotatable bonds is 4. The van der Waals surface area contributed by atoms with E-state index in [-0.39, 0.29) is 16.9 Å². The molecule has 1 fully saturated rings. The molecule has 1 aliphatic heterocycles. The van der Waals surface area contributed by atoms with Crippen molar-refractivity contribution < 1.29 is 8.42 Å². The van der Waals surface area contributed by atoms with E-state index in [1.165, 1.54) is 0 Å². The van der Waals surface area contributed by atoms with E-state index >= 15 is 0 Å². The number of hydrogen-bond donors (Lipinski definition) is 1. The first-order chi connectivity index (χ1) is 17.6. The third kappa shape index (κ3) is 5.85. The van der Waals surface area contributed by atoms with Crippen LogP contribution in [-0.2, 0) is 15.4 Å². The van der Waals surface area contributed by atoms with Gasteiger partial charge in [0.1, 0.15) is 0 Å². The van der Waals surface area contributed by atoms with Gasteiger partial charge in [-0.3, -0.25) is 0 Å². The number of para-hydroxylation sites is 1. The van der Waals surface area contributed by atoms with Gasteiger partial charge in [0.25, 0.3) is 0 Å². The molecule has 1 aliphatic rings. The molecule has 4 rings (SSSR count). The maximum atomic E-state index is 13.9. The highest BCUT2D eigenvalue weighted by Crippen LogP contribution is 2.32. The van der Waals surface area contributed by atoms with Crippen LogP contribution in [0.4, 0.5) is 5.69 Å². The Morgan fingerprint density at radius 3 is 2.24 bits per heavy atom. The molecule has 7 nitrogen and oxygen atoms in total. The Balaban J connectivity index is 1.67. The molecule has 0 radical (unpaired) electrons. The fourth-order valence-corrected chi connectivity index (χ4v) is 6.11. The van der Waals surface area contributed by atoms with Crippen molar-refractivity contribution in [2.45, 2.75) is 44.0 Å². The summed E-state index contributed by atoms with van der Waals surface area (Å²) in [6.45, 7) is 9.29. The molecular weight excluding hydrogens is 482 g/mol. The zero-order valence-corrected chi connectivity index (χ0v) is 22.5. The number of aliphatic imine (C=N–C) groups is 1. The van der Waals surface area contributed by atoms with E-state index < -0.39 is 16.1 Å². The van der Waals surface area contributed by atoms with Gasteiger partial charge in [-0.25, -0.2) is 8.42 Å². The molecule has 0 aromatic heterocycles. The first kappa shape index (κ1) is 26.4. The highest BCUT2D eigenvalue weighted by atomic mass is 32.2. The largest absolute Gasteiger partial charge is 0.339 e. The fourth-order valence-electron chi connectivity index (χ4n) is 4.51. The molecule has 0 spiro atoms. The Kier molecular flexibility index (Phi) is 7.67. The minimum atomic E-state index is -3.77. The third-order valence-electron chi connectivity index (χ3n) is 6.69. The van der Waals surface area contributed by atoms with Crippen molar-refractivity contribution in [3.63, 3.8) is 0 Å². The Morgan fingerprint density at radius 1 is 0.973 bits per heavy atom. The maximum Gasteiger partial charge on any atom is 0.243 e.